The van der Waals surface area contributed by atoms with Gasteiger partial charge in [-0.05, 0) is 50.9 Å². The number of hydrogen-bond acceptors (Lipinski definition) is 3. The second kappa shape index (κ2) is 12.1. The minimum absolute atomic E-state index is 0.141. The summed E-state index contributed by atoms with van der Waals surface area (Å²) in [5.41, 5.74) is 6.61. The van der Waals surface area contributed by atoms with Crippen molar-refractivity contribution in [2.45, 2.75) is 84.6 Å². The standard InChI is InChI=1S/C19H39NO2/c1-5-16(2)8-6-9-17(3)10-7-11-18(4)12-13-19(20,14-21)15-22/h8,17-18,21-22H,5-7,9-15,20H2,1-4H3. The Morgan fingerprint density at radius 2 is 1.59 bits per heavy atom. The zero-order chi connectivity index (χ0) is 17.0. The highest BCUT2D eigenvalue weighted by atomic mass is 16.3. The van der Waals surface area contributed by atoms with Gasteiger partial charge in [-0.15, -0.1) is 0 Å². The molecule has 2 unspecified atom stereocenters. The van der Waals surface area contributed by atoms with E-state index >= 15 is 0 Å². The number of rotatable bonds is 13. The van der Waals surface area contributed by atoms with Crippen LogP contribution in [0.25, 0.3) is 0 Å². The summed E-state index contributed by atoms with van der Waals surface area (Å²) in [7, 11) is 0. The van der Waals surface area contributed by atoms with Crippen molar-refractivity contribution >= 4 is 0 Å². The first-order chi connectivity index (χ1) is 10.4. The second-order valence-electron chi connectivity index (χ2n) is 7.34. The molecule has 0 amide bonds. The van der Waals surface area contributed by atoms with E-state index in [9.17, 15) is 10.2 Å². The smallest absolute Gasteiger partial charge is 0.0633 e. The average molecular weight is 314 g/mol. The Bertz CT molecular complexity index is 298. The molecule has 0 bridgehead atoms. The van der Waals surface area contributed by atoms with Crippen molar-refractivity contribution in [2.24, 2.45) is 17.6 Å². The van der Waals surface area contributed by atoms with Crippen LogP contribution in [0, 0.1) is 11.8 Å². The zero-order valence-corrected chi connectivity index (χ0v) is 15.3. The van der Waals surface area contributed by atoms with Crippen LogP contribution in [0.1, 0.15) is 79.1 Å². The molecule has 0 saturated carbocycles. The van der Waals surface area contributed by atoms with Crippen LogP contribution in [0.3, 0.4) is 0 Å². The molecule has 0 aromatic rings. The highest BCUT2D eigenvalue weighted by Gasteiger charge is 2.23. The van der Waals surface area contributed by atoms with Crippen molar-refractivity contribution in [3.63, 3.8) is 0 Å². The van der Waals surface area contributed by atoms with E-state index in [1.807, 2.05) is 0 Å². The van der Waals surface area contributed by atoms with Crippen molar-refractivity contribution in [3.05, 3.63) is 11.6 Å². The van der Waals surface area contributed by atoms with Crippen LogP contribution < -0.4 is 5.73 Å². The van der Waals surface area contributed by atoms with Crippen molar-refractivity contribution in [1.29, 1.82) is 0 Å². The van der Waals surface area contributed by atoms with Crippen LogP contribution in [-0.2, 0) is 0 Å². The fourth-order valence-electron chi connectivity index (χ4n) is 2.60. The van der Waals surface area contributed by atoms with E-state index in [-0.39, 0.29) is 13.2 Å². The van der Waals surface area contributed by atoms with Gasteiger partial charge in [0, 0.05) is 0 Å². The summed E-state index contributed by atoms with van der Waals surface area (Å²) in [5, 5.41) is 18.4. The van der Waals surface area contributed by atoms with Gasteiger partial charge in [-0.25, -0.2) is 0 Å². The van der Waals surface area contributed by atoms with Crippen LogP contribution in [0.2, 0.25) is 0 Å². The molecule has 0 fully saturated rings. The molecule has 3 nitrogen and oxygen atoms in total. The van der Waals surface area contributed by atoms with Gasteiger partial charge in [0.15, 0.2) is 0 Å². The third kappa shape index (κ3) is 10.4. The van der Waals surface area contributed by atoms with Crippen LogP contribution in [0.5, 0.6) is 0 Å². The third-order valence-electron chi connectivity index (χ3n) is 4.87. The molecule has 0 aromatic carbocycles. The predicted octanol–water partition coefficient (Wildman–Crippen LogP) is 4.03. The van der Waals surface area contributed by atoms with Gasteiger partial charge in [0.1, 0.15) is 0 Å². The molecule has 132 valence electrons. The summed E-state index contributed by atoms with van der Waals surface area (Å²) < 4.78 is 0. The van der Waals surface area contributed by atoms with E-state index in [4.69, 9.17) is 5.73 Å². The summed E-state index contributed by atoms with van der Waals surface area (Å²) in [6.45, 7) is 8.73. The molecule has 22 heavy (non-hydrogen) atoms. The second-order valence-corrected chi connectivity index (χ2v) is 7.34. The Kier molecular flexibility index (Phi) is 11.9. The molecule has 0 aromatic heterocycles. The minimum atomic E-state index is -0.801. The third-order valence-corrected chi connectivity index (χ3v) is 4.87. The lowest BCUT2D eigenvalue weighted by Crippen LogP contribution is -2.47. The van der Waals surface area contributed by atoms with Gasteiger partial charge in [-0.2, -0.15) is 0 Å². The molecule has 0 aliphatic heterocycles. The van der Waals surface area contributed by atoms with Gasteiger partial charge in [-0.3, -0.25) is 0 Å². The van der Waals surface area contributed by atoms with Crippen molar-refractivity contribution < 1.29 is 10.2 Å². The average Bonchev–Trinajstić information content (AvgIpc) is 2.52. The molecule has 0 heterocycles. The monoisotopic (exact) mass is 313 g/mol. The highest BCUT2D eigenvalue weighted by molar-refractivity contribution is 4.96. The van der Waals surface area contributed by atoms with Gasteiger partial charge in [-0.1, -0.05) is 51.7 Å². The van der Waals surface area contributed by atoms with Crippen LogP contribution >= 0.6 is 0 Å². The maximum Gasteiger partial charge on any atom is 0.0633 e. The molecule has 4 N–H and O–H groups in total. The lowest BCUT2D eigenvalue weighted by Gasteiger charge is -2.26. The molecule has 0 spiro atoms. The number of nitrogens with two attached hydrogens (primary N) is 1. The van der Waals surface area contributed by atoms with Gasteiger partial charge in [0.2, 0.25) is 0 Å². The van der Waals surface area contributed by atoms with Crippen LogP contribution in [-0.4, -0.2) is 29.0 Å². The normalized spacial score (nSPS) is 15.9. The van der Waals surface area contributed by atoms with E-state index < -0.39 is 5.54 Å². The first kappa shape index (κ1) is 21.6. The summed E-state index contributed by atoms with van der Waals surface area (Å²) >= 11 is 0. The predicted molar refractivity (Wildman–Crippen MR) is 95.8 cm³/mol. The topological polar surface area (TPSA) is 66.5 Å². The van der Waals surface area contributed by atoms with E-state index in [0.29, 0.717) is 12.3 Å². The molecule has 0 aliphatic rings. The minimum Gasteiger partial charge on any atom is -0.394 e. The molecular weight excluding hydrogens is 274 g/mol. The first-order valence-electron chi connectivity index (χ1n) is 9.03. The SMILES string of the molecule is CCC(C)=CCCC(C)CCCC(C)CCC(N)(CO)CO. The Hall–Kier alpha value is -0.380. The number of hydrogen-bond donors (Lipinski definition) is 3. The summed E-state index contributed by atoms with van der Waals surface area (Å²) in [6, 6.07) is 0. The van der Waals surface area contributed by atoms with Gasteiger partial charge >= 0.3 is 0 Å². The lowest BCUT2D eigenvalue weighted by molar-refractivity contribution is 0.109. The van der Waals surface area contributed by atoms with Gasteiger partial charge in [0.25, 0.3) is 0 Å². The number of aliphatic hydroxyl groups excluding tert-OH is 2. The van der Waals surface area contributed by atoms with Crippen molar-refractivity contribution in [3.8, 4) is 0 Å². The molecule has 0 radical (unpaired) electrons. The Balaban J connectivity index is 3.77. The van der Waals surface area contributed by atoms with Crippen molar-refractivity contribution in [1.82, 2.24) is 0 Å². The molecular formula is C19H39NO2. The van der Waals surface area contributed by atoms with Crippen molar-refractivity contribution in [2.75, 3.05) is 13.2 Å². The van der Waals surface area contributed by atoms with E-state index in [1.165, 1.54) is 37.7 Å². The molecule has 2 atom stereocenters. The fraction of sp³-hybridized carbons (Fsp3) is 0.895. The van der Waals surface area contributed by atoms with Gasteiger partial charge in [0.05, 0.1) is 18.8 Å². The lowest BCUT2D eigenvalue weighted by atomic mass is 9.88. The Labute approximate surface area is 138 Å². The molecule has 0 saturated heterocycles. The first-order valence-corrected chi connectivity index (χ1v) is 9.03. The maximum absolute atomic E-state index is 9.20. The largest absolute Gasteiger partial charge is 0.394 e. The van der Waals surface area contributed by atoms with Crippen LogP contribution in [0.15, 0.2) is 11.6 Å². The number of allylic oxidation sites excluding steroid dienone is 2. The van der Waals surface area contributed by atoms with Gasteiger partial charge < -0.3 is 15.9 Å². The van der Waals surface area contributed by atoms with E-state index in [0.717, 1.165) is 18.8 Å². The van der Waals surface area contributed by atoms with Crippen LogP contribution in [0.4, 0.5) is 0 Å². The van der Waals surface area contributed by atoms with E-state index in [1.54, 1.807) is 0 Å². The Morgan fingerprint density at radius 3 is 2.09 bits per heavy atom. The zero-order valence-electron chi connectivity index (χ0n) is 15.3. The summed E-state index contributed by atoms with van der Waals surface area (Å²) in [5.74, 6) is 1.40. The molecule has 3 heteroatoms. The number of aliphatic hydroxyl groups is 2. The highest BCUT2D eigenvalue weighted by Crippen LogP contribution is 2.22. The summed E-state index contributed by atoms with van der Waals surface area (Å²) in [6.07, 6.45) is 11.5. The summed E-state index contributed by atoms with van der Waals surface area (Å²) in [4.78, 5) is 0. The Morgan fingerprint density at radius 1 is 1.05 bits per heavy atom. The quantitative estimate of drug-likeness (QED) is 0.450. The van der Waals surface area contributed by atoms with E-state index in [2.05, 4.69) is 33.8 Å². The molecule has 0 rings (SSSR count). The maximum atomic E-state index is 9.20. The molecule has 0 aliphatic carbocycles. The fourth-order valence-corrected chi connectivity index (χ4v) is 2.60.